The topological polar surface area (TPSA) is 67.6 Å². The van der Waals surface area contributed by atoms with Crippen molar-refractivity contribution in [2.45, 2.75) is 39.3 Å². The largest absolute Gasteiger partial charge is 0.448 e. The van der Waals surface area contributed by atoms with E-state index in [-0.39, 0.29) is 31.7 Å². The number of aliphatic hydroxyl groups is 1. The maximum Gasteiger partial charge on any atom is 0.410 e. The second-order valence-corrected chi connectivity index (χ2v) is 8.26. The van der Waals surface area contributed by atoms with Crippen LogP contribution in [0, 0.1) is 6.92 Å². The molecule has 1 aromatic heterocycles. The summed E-state index contributed by atoms with van der Waals surface area (Å²) in [6, 6.07) is 16.8. The maximum absolute atomic E-state index is 12.9. The first kappa shape index (κ1) is 21.1. The molecule has 6 heteroatoms. The number of nitrogens with zero attached hydrogens (tertiary/aromatic N) is 3. The first-order chi connectivity index (χ1) is 15.0. The number of carbonyl (C=O) groups is 1. The molecule has 1 N–H and O–H groups in total. The molecule has 1 aliphatic carbocycles. The SMILES string of the molecule is Cc1nn(C(C)C)cc1CN(CCO)C(=O)OCC1c2ccccc2-c2ccccc21. The minimum atomic E-state index is -0.424. The molecule has 31 heavy (non-hydrogen) atoms. The molecule has 0 fully saturated rings. The van der Waals surface area contributed by atoms with E-state index in [9.17, 15) is 9.90 Å². The van der Waals surface area contributed by atoms with Gasteiger partial charge in [-0.1, -0.05) is 48.5 Å². The third-order valence-electron chi connectivity index (χ3n) is 5.87. The number of hydrogen-bond acceptors (Lipinski definition) is 4. The quantitative estimate of drug-likeness (QED) is 0.612. The molecule has 2 aromatic carbocycles. The molecule has 6 nitrogen and oxygen atoms in total. The molecule has 0 unspecified atom stereocenters. The maximum atomic E-state index is 12.9. The van der Waals surface area contributed by atoms with Gasteiger partial charge < -0.3 is 14.7 Å². The summed E-state index contributed by atoms with van der Waals surface area (Å²) in [7, 11) is 0. The molecule has 3 aromatic rings. The predicted molar refractivity (Wildman–Crippen MR) is 120 cm³/mol. The van der Waals surface area contributed by atoms with Crippen molar-refractivity contribution in [1.29, 1.82) is 0 Å². The van der Waals surface area contributed by atoms with Gasteiger partial charge in [0.15, 0.2) is 0 Å². The Balaban J connectivity index is 1.49. The van der Waals surface area contributed by atoms with Crippen LogP contribution in [0.1, 0.15) is 48.2 Å². The van der Waals surface area contributed by atoms with Gasteiger partial charge in [-0.3, -0.25) is 4.68 Å². The van der Waals surface area contributed by atoms with E-state index in [2.05, 4.69) is 43.2 Å². The van der Waals surface area contributed by atoms with Crippen LogP contribution in [-0.4, -0.2) is 45.6 Å². The Kier molecular flexibility index (Phi) is 6.09. The number of aliphatic hydroxyl groups excluding tert-OH is 1. The fourth-order valence-electron chi connectivity index (χ4n) is 4.19. The highest BCUT2D eigenvalue weighted by Crippen LogP contribution is 2.44. The third-order valence-corrected chi connectivity index (χ3v) is 5.87. The van der Waals surface area contributed by atoms with Crippen molar-refractivity contribution in [2.75, 3.05) is 19.8 Å². The lowest BCUT2D eigenvalue weighted by molar-refractivity contribution is 0.0891. The summed E-state index contributed by atoms with van der Waals surface area (Å²) < 4.78 is 7.66. The molecule has 0 bridgehead atoms. The molecule has 0 saturated heterocycles. The average molecular weight is 420 g/mol. The zero-order valence-electron chi connectivity index (χ0n) is 18.3. The lowest BCUT2D eigenvalue weighted by Gasteiger charge is -2.22. The zero-order chi connectivity index (χ0) is 22.0. The Hall–Kier alpha value is -3.12. The Labute approximate surface area is 183 Å². The molecule has 0 spiro atoms. The summed E-state index contributed by atoms with van der Waals surface area (Å²) in [5.41, 5.74) is 6.59. The highest BCUT2D eigenvalue weighted by molar-refractivity contribution is 5.79. The van der Waals surface area contributed by atoms with Gasteiger partial charge in [0.2, 0.25) is 0 Å². The first-order valence-corrected chi connectivity index (χ1v) is 10.7. The molecule has 1 amide bonds. The lowest BCUT2D eigenvalue weighted by atomic mass is 9.98. The van der Waals surface area contributed by atoms with Gasteiger partial charge in [-0.05, 0) is 43.0 Å². The fraction of sp³-hybridized carbons (Fsp3) is 0.360. The molecule has 1 heterocycles. The lowest BCUT2D eigenvalue weighted by Crippen LogP contribution is -2.34. The first-order valence-electron chi connectivity index (χ1n) is 10.7. The number of amides is 1. The Bertz CT molecular complexity index is 1030. The van der Waals surface area contributed by atoms with E-state index in [0.29, 0.717) is 6.54 Å². The Morgan fingerprint density at radius 1 is 1.13 bits per heavy atom. The van der Waals surface area contributed by atoms with Crippen LogP contribution < -0.4 is 0 Å². The molecule has 162 valence electrons. The van der Waals surface area contributed by atoms with Crippen LogP contribution in [0.5, 0.6) is 0 Å². The number of rotatable bonds is 7. The van der Waals surface area contributed by atoms with Crippen LogP contribution in [-0.2, 0) is 11.3 Å². The summed E-state index contributed by atoms with van der Waals surface area (Å²) in [6.45, 7) is 6.77. The molecular weight excluding hydrogens is 390 g/mol. The molecular formula is C25H29N3O3. The molecule has 0 radical (unpaired) electrons. The summed E-state index contributed by atoms with van der Waals surface area (Å²) in [5.74, 6) is 0.0118. The van der Waals surface area contributed by atoms with E-state index >= 15 is 0 Å². The minimum Gasteiger partial charge on any atom is -0.448 e. The highest BCUT2D eigenvalue weighted by Gasteiger charge is 2.29. The van der Waals surface area contributed by atoms with Crippen LogP contribution in [0.2, 0.25) is 0 Å². The van der Waals surface area contributed by atoms with Crippen molar-refractivity contribution >= 4 is 6.09 Å². The van der Waals surface area contributed by atoms with Crippen LogP contribution in [0.4, 0.5) is 4.79 Å². The molecule has 0 saturated carbocycles. The van der Waals surface area contributed by atoms with Gasteiger partial charge in [-0.15, -0.1) is 0 Å². The normalized spacial score (nSPS) is 12.7. The summed E-state index contributed by atoms with van der Waals surface area (Å²) in [4.78, 5) is 14.5. The van der Waals surface area contributed by atoms with E-state index in [1.54, 1.807) is 4.90 Å². The minimum absolute atomic E-state index is 0.0118. The van der Waals surface area contributed by atoms with Crippen molar-refractivity contribution in [3.63, 3.8) is 0 Å². The number of aryl methyl sites for hydroxylation is 1. The molecule has 0 atom stereocenters. The van der Waals surface area contributed by atoms with Crippen LogP contribution >= 0.6 is 0 Å². The van der Waals surface area contributed by atoms with E-state index in [4.69, 9.17) is 4.74 Å². The number of ether oxygens (including phenoxy) is 1. The average Bonchev–Trinajstić information content (AvgIpc) is 3.30. The Morgan fingerprint density at radius 2 is 1.74 bits per heavy atom. The molecule has 0 aliphatic heterocycles. The van der Waals surface area contributed by atoms with Gasteiger partial charge in [0.1, 0.15) is 6.61 Å². The van der Waals surface area contributed by atoms with Gasteiger partial charge in [0.05, 0.1) is 18.8 Å². The van der Waals surface area contributed by atoms with Crippen LogP contribution in [0.25, 0.3) is 11.1 Å². The summed E-state index contributed by atoms with van der Waals surface area (Å²) >= 11 is 0. The zero-order valence-corrected chi connectivity index (χ0v) is 18.3. The third kappa shape index (κ3) is 4.21. The predicted octanol–water partition coefficient (Wildman–Crippen LogP) is 4.52. The number of hydrogen-bond donors (Lipinski definition) is 1. The van der Waals surface area contributed by atoms with Crippen molar-refractivity contribution < 1.29 is 14.6 Å². The van der Waals surface area contributed by atoms with E-state index < -0.39 is 6.09 Å². The highest BCUT2D eigenvalue weighted by atomic mass is 16.6. The van der Waals surface area contributed by atoms with Gasteiger partial charge >= 0.3 is 6.09 Å². The number of fused-ring (bicyclic) bond motifs is 3. The Morgan fingerprint density at radius 3 is 2.29 bits per heavy atom. The monoisotopic (exact) mass is 419 g/mol. The van der Waals surface area contributed by atoms with Crippen LogP contribution in [0.3, 0.4) is 0 Å². The molecule has 4 rings (SSSR count). The smallest absolute Gasteiger partial charge is 0.410 e. The summed E-state index contributed by atoms with van der Waals surface area (Å²) in [6.07, 6.45) is 1.54. The number of aromatic nitrogens is 2. The molecule has 1 aliphatic rings. The van der Waals surface area contributed by atoms with E-state index in [1.807, 2.05) is 42.1 Å². The van der Waals surface area contributed by atoms with Crippen molar-refractivity contribution in [3.8, 4) is 11.1 Å². The van der Waals surface area contributed by atoms with E-state index in [0.717, 1.165) is 11.3 Å². The second kappa shape index (κ2) is 8.94. The number of benzene rings is 2. The van der Waals surface area contributed by atoms with Gasteiger partial charge in [0, 0.05) is 30.3 Å². The van der Waals surface area contributed by atoms with Crippen molar-refractivity contribution in [2.24, 2.45) is 0 Å². The fourth-order valence-corrected chi connectivity index (χ4v) is 4.19. The van der Waals surface area contributed by atoms with Gasteiger partial charge in [-0.25, -0.2) is 4.79 Å². The van der Waals surface area contributed by atoms with Gasteiger partial charge in [-0.2, -0.15) is 5.10 Å². The van der Waals surface area contributed by atoms with Crippen LogP contribution in [0.15, 0.2) is 54.7 Å². The van der Waals surface area contributed by atoms with E-state index in [1.165, 1.54) is 22.3 Å². The summed E-state index contributed by atoms with van der Waals surface area (Å²) in [5, 5.41) is 14.0. The second-order valence-electron chi connectivity index (χ2n) is 8.26. The standard InChI is InChI=1S/C25H29N3O3/c1-17(2)28-15-19(18(3)26-28)14-27(12-13-29)25(30)31-16-24-22-10-6-4-8-20(22)21-9-5-7-11-23(21)24/h4-11,15,17,24,29H,12-14,16H2,1-3H3. The number of carbonyl (C=O) groups excluding carboxylic acids is 1. The van der Waals surface area contributed by atoms with Gasteiger partial charge in [0.25, 0.3) is 0 Å². The van der Waals surface area contributed by atoms with Crippen molar-refractivity contribution in [1.82, 2.24) is 14.7 Å². The van der Waals surface area contributed by atoms with Crippen molar-refractivity contribution in [3.05, 3.63) is 77.1 Å².